The number of ether oxygens (including phenoxy) is 1. The molecule has 2 aromatic heterocycles. The first-order valence-electron chi connectivity index (χ1n) is 7.70. The Morgan fingerprint density at radius 2 is 2.26 bits per heavy atom. The number of anilines is 2. The van der Waals surface area contributed by atoms with Gasteiger partial charge in [0, 0.05) is 25.1 Å². The minimum absolute atomic E-state index is 0.283. The van der Waals surface area contributed by atoms with E-state index in [1.54, 1.807) is 0 Å². The van der Waals surface area contributed by atoms with Gasteiger partial charge < -0.3 is 15.8 Å². The van der Waals surface area contributed by atoms with Crippen LogP contribution < -0.4 is 11.1 Å². The largest absolute Gasteiger partial charge is 0.381 e. The first-order chi connectivity index (χ1) is 11.0. The number of aromatic nitrogens is 4. The van der Waals surface area contributed by atoms with Gasteiger partial charge in [0.15, 0.2) is 0 Å². The summed E-state index contributed by atoms with van der Waals surface area (Å²) in [6.07, 6.45) is 0.972. The van der Waals surface area contributed by atoms with Crippen LogP contribution in [0, 0.1) is 13.8 Å². The number of hydrogen-bond donors (Lipinski definition) is 2. The standard InChI is InChI=1S/C15H21ClN6O/c1-9-14(16)10(2)22(21-9)5-4-18-13-7-12(19-15(17)20-13)11-3-6-23-8-11/h7,11H,3-6,8H2,1-2H3,(H3,17,18,19,20)/t11-/m1/s1. The Morgan fingerprint density at radius 1 is 1.43 bits per heavy atom. The molecule has 0 saturated carbocycles. The third-order valence-corrected chi connectivity index (χ3v) is 4.58. The van der Waals surface area contributed by atoms with Gasteiger partial charge in [-0.3, -0.25) is 4.68 Å². The molecule has 0 spiro atoms. The number of halogens is 1. The zero-order valence-corrected chi connectivity index (χ0v) is 14.1. The molecule has 3 heterocycles. The molecule has 2 aromatic rings. The van der Waals surface area contributed by atoms with E-state index in [2.05, 4.69) is 20.4 Å². The third kappa shape index (κ3) is 3.56. The molecule has 0 radical (unpaired) electrons. The summed E-state index contributed by atoms with van der Waals surface area (Å²) in [4.78, 5) is 8.56. The number of nitrogen functional groups attached to an aromatic ring is 1. The molecule has 3 N–H and O–H groups in total. The van der Waals surface area contributed by atoms with Crippen LogP contribution in [-0.2, 0) is 11.3 Å². The third-order valence-electron chi connectivity index (χ3n) is 4.03. The van der Waals surface area contributed by atoms with Crippen LogP contribution in [0.4, 0.5) is 11.8 Å². The van der Waals surface area contributed by atoms with Gasteiger partial charge >= 0.3 is 0 Å². The fourth-order valence-corrected chi connectivity index (χ4v) is 2.87. The zero-order valence-electron chi connectivity index (χ0n) is 13.3. The average Bonchev–Trinajstić information content (AvgIpc) is 3.13. The van der Waals surface area contributed by atoms with Gasteiger partial charge in [-0.15, -0.1) is 0 Å². The Kier molecular flexibility index (Phi) is 4.68. The number of nitrogens with two attached hydrogens (primary N) is 1. The maximum Gasteiger partial charge on any atom is 0.222 e. The fourth-order valence-electron chi connectivity index (χ4n) is 2.74. The SMILES string of the molecule is Cc1nn(CCNc2cc([C@@H]3CCOC3)nc(N)n2)c(C)c1Cl. The van der Waals surface area contributed by atoms with Crippen molar-refractivity contribution in [3.63, 3.8) is 0 Å². The van der Waals surface area contributed by atoms with Gasteiger partial charge in [-0.1, -0.05) is 11.6 Å². The summed E-state index contributed by atoms with van der Waals surface area (Å²) in [6.45, 7) is 6.71. The summed E-state index contributed by atoms with van der Waals surface area (Å²) in [5.41, 5.74) is 8.57. The topological polar surface area (TPSA) is 90.9 Å². The van der Waals surface area contributed by atoms with E-state index in [1.807, 2.05) is 24.6 Å². The van der Waals surface area contributed by atoms with Gasteiger partial charge in [-0.05, 0) is 20.3 Å². The van der Waals surface area contributed by atoms with Crippen LogP contribution in [-0.4, -0.2) is 39.5 Å². The highest BCUT2D eigenvalue weighted by Gasteiger charge is 2.20. The summed E-state index contributed by atoms with van der Waals surface area (Å²) in [5.74, 6) is 1.31. The smallest absolute Gasteiger partial charge is 0.222 e. The highest BCUT2D eigenvalue weighted by Crippen LogP contribution is 2.25. The lowest BCUT2D eigenvalue weighted by Gasteiger charge is -2.12. The number of aryl methyl sites for hydroxylation is 1. The van der Waals surface area contributed by atoms with E-state index in [4.69, 9.17) is 22.1 Å². The fraction of sp³-hybridized carbons (Fsp3) is 0.533. The van der Waals surface area contributed by atoms with Crippen LogP contribution in [0.2, 0.25) is 5.02 Å². The normalized spacial score (nSPS) is 17.6. The van der Waals surface area contributed by atoms with E-state index in [0.717, 1.165) is 40.9 Å². The number of nitrogens with zero attached hydrogens (tertiary/aromatic N) is 4. The van der Waals surface area contributed by atoms with Crippen molar-refractivity contribution in [1.29, 1.82) is 0 Å². The second-order valence-corrected chi connectivity index (χ2v) is 6.11. The summed E-state index contributed by atoms with van der Waals surface area (Å²) < 4.78 is 7.30. The predicted molar refractivity (Wildman–Crippen MR) is 89.8 cm³/mol. The number of hydrogen-bond acceptors (Lipinski definition) is 6. The van der Waals surface area contributed by atoms with Crippen molar-refractivity contribution in [2.45, 2.75) is 32.7 Å². The van der Waals surface area contributed by atoms with Crippen molar-refractivity contribution in [1.82, 2.24) is 19.7 Å². The van der Waals surface area contributed by atoms with E-state index in [1.165, 1.54) is 0 Å². The molecule has 0 aliphatic carbocycles. The molecule has 1 fully saturated rings. The van der Waals surface area contributed by atoms with Crippen molar-refractivity contribution in [2.24, 2.45) is 0 Å². The summed E-state index contributed by atoms with van der Waals surface area (Å²) in [6, 6.07) is 1.95. The molecule has 1 atom stereocenters. The maximum atomic E-state index is 6.16. The Bertz CT molecular complexity index is 696. The highest BCUT2D eigenvalue weighted by molar-refractivity contribution is 6.31. The molecule has 7 nitrogen and oxygen atoms in total. The Labute approximate surface area is 140 Å². The van der Waals surface area contributed by atoms with E-state index >= 15 is 0 Å². The first kappa shape index (κ1) is 16.0. The lowest BCUT2D eigenvalue weighted by molar-refractivity contribution is 0.193. The molecule has 23 heavy (non-hydrogen) atoms. The monoisotopic (exact) mass is 336 g/mol. The molecule has 1 saturated heterocycles. The lowest BCUT2D eigenvalue weighted by Crippen LogP contribution is -2.15. The molecule has 0 amide bonds. The van der Waals surface area contributed by atoms with Crippen molar-refractivity contribution >= 4 is 23.4 Å². The molecule has 0 aromatic carbocycles. The number of rotatable bonds is 5. The molecular weight excluding hydrogens is 316 g/mol. The van der Waals surface area contributed by atoms with Crippen molar-refractivity contribution in [3.8, 4) is 0 Å². The Balaban J connectivity index is 1.64. The van der Waals surface area contributed by atoms with Crippen LogP contribution in [0.1, 0.15) is 29.4 Å². The van der Waals surface area contributed by atoms with Crippen LogP contribution in [0.15, 0.2) is 6.07 Å². The molecule has 1 aliphatic heterocycles. The molecule has 124 valence electrons. The molecule has 0 unspecified atom stereocenters. The van der Waals surface area contributed by atoms with Crippen LogP contribution in [0.3, 0.4) is 0 Å². The van der Waals surface area contributed by atoms with E-state index in [-0.39, 0.29) is 5.95 Å². The van der Waals surface area contributed by atoms with E-state index < -0.39 is 0 Å². The van der Waals surface area contributed by atoms with Crippen molar-refractivity contribution < 1.29 is 4.74 Å². The van der Waals surface area contributed by atoms with Gasteiger partial charge in [0.05, 0.1) is 35.3 Å². The van der Waals surface area contributed by atoms with Gasteiger partial charge in [-0.25, -0.2) is 4.98 Å². The van der Waals surface area contributed by atoms with Gasteiger partial charge in [0.25, 0.3) is 0 Å². The quantitative estimate of drug-likeness (QED) is 0.869. The van der Waals surface area contributed by atoms with E-state index in [0.29, 0.717) is 25.6 Å². The molecular formula is C15H21ClN6O. The zero-order chi connectivity index (χ0) is 16.4. The summed E-state index contributed by atoms with van der Waals surface area (Å²) in [5, 5.41) is 8.41. The summed E-state index contributed by atoms with van der Waals surface area (Å²) >= 11 is 6.16. The molecule has 0 bridgehead atoms. The van der Waals surface area contributed by atoms with Crippen LogP contribution in [0.25, 0.3) is 0 Å². The van der Waals surface area contributed by atoms with Crippen molar-refractivity contribution in [3.05, 3.63) is 28.2 Å². The van der Waals surface area contributed by atoms with Crippen molar-refractivity contribution in [2.75, 3.05) is 30.8 Å². The Morgan fingerprint density at radius 3 is 2.91 bits per heavy atom. The Hall–Kier alpha value is -1.86. The summed E-state index contributed by atoms with van der Waals surface area (Å²) in [7, 11) is 0. The van der Waals surface area contributed by atoms with Crippen LogP contribution >= 0.6 is 11.6 Å². The highest BCUT2D eigenvalue weighted by atomic mass is 35.5. The second kappa shape index (κ2) is 6.72. The molecule has 3 rings (SSSR count). The number of nitrogens with one attached hydrogen (secondary N) is 1. The van der Waals surface area contributed by atoms with E-state index in [9.17, 15) is 0 Å². The molecule has 8 heteroatoms. The minimum Gasteiger partial charge on any atom is -0.381 e. The van der Waals surface area contributed by atoms with Gasteiger partial charge in [0.1, 0.15) is 5.82 Å². The predicted octanol–water partition coefficient (Wildman–Crippen LogP) is 2.14. The lowest BCUT2D eigenvalue weighted by atomic mass is 10.0. The second-order valence-electron chi connectivity index (χ2n) is 5.73. The maximum absolute atomic E-state index is 6.16. The van der Waals surface area contributed by atoms with Gasteiger partial charge in [-0.2, -0.15) is 10.1 Å². The molecule has 1 aliphatic rings. The minimum atomic E-state index is 0.283. The van der Waals surface area contributed by atoms with Crippen LogP contribution in [0.5, 0.6) is 0 Å². The average molecular weight is 337 g/mol. The van der Waals surface area contributed by atoms with Gasteiger partial charge in [0.2, 0.25) is 5.95 Å². The first-order valence-corrected chi connectivity index (χ1v) is 8.08.